The summed E-state index contributed by atoms with van der Waals surface area (Å²) in [6, 6.07) is 18.4. The summed E-state index contributed by atoms with van der Waals surface area (Å²) in [5.74, 6) is -1.11. The normalized spacial score (nSPS) is 9.94. The monoisotopic (exact) mass is 462 g/mol. The van der Waals surface area contributed by atoms with Crippen LogP contribution in [0.25, 0.3) is 0 Å². The number of ether oxygens (including phenoxy) is 2. The van der Waals surface area contributed by atoms with Crippen LogP contribution in [0.5, 0.6) is 11.5 Å². The number of methoxy groups -OCH3 is 2. The van der Waals surface area contributed by atoms with Crippen molar-refractivity contribution in [3.05, 3.63) is 95.1 Å². The Morgan fingerprint density at radius 3 is 1.15 bits per heavy atom. The van der Waals surface area contributed by atoms with E-state index < -0.39 is 23.6 Å². The van der Waals surface area contributed by atoms with E-state index in [0.717, 1.165) is 0 Å². The van der Waals surface area contributed by atoms with Crippen LogP contribution in [0, 0.1) is 0 Å². The number of amides is 4. The first-order chi connectivity index (χ1) is 16.4. The zero-order chi connectivity index (χ0) is 24.5. The maximum absolute atomic E-state index is 12.4. The molecule has 0 aliphatic rings. The van der Waals surface area contributed by atoms with Crippen molar-refractivity contribution in [2.75, 3.05) is 14.2 Å². The predicted octanol–water partition coefficient (Wildman–Crippen LogP) is 1.85. The highest BCUT2D eigenvalue weighted by Crippen LogP contribution is 2.12. The largest absolute Gasteiger partial charge is 0.497 e. The molecule has 0 atom stereocenters. The zero-order valence-corrected chi connectivity index (χ0v) is 18.4. The summed E-state index contributed by atoms with van der Waals surface area (Å²) in [7, 11) is 3.02. The third-order valence-corrected chi connectivity index (χ3v) is 4.67. The fourth-order valence-corrected chi connectivity index (χ4v) is 2.80. The summed E-state index contributed by atoms with van der Waals surface area (Å²) in [6.45, 7) is 0. The van der Waals surface area contributed by atoms with Gasteiger partial charge in [0.15, 0.2) is 0 Å². The van der Waals surface area contributed by atoms with Gasteiger partial charge in [0.1, 0.15) is 11.5 Å². The van der Waals surface area contributed by atoms with Gasteiger partial charge in [-0.2, -0.15) is 0 Å². The molecular weight excluding hydrogens is 440 g/mol. The molecule has 0 spiro atoms. The molecule has 4 N–H and O–H groups in total. The van der Waals surface area contributed by atoms with Crippen LogP contribution in [-0.4, -0.2) is 37.8 Å². The van der Waals surface area contributed by atoms with Gasteiger partial charge in [0.05, 0.1) is 14.2 Å². The van der Waals surface area contributed by atoms with E-state index in [1.165, 1.54) is 38.5 Å². The third-order valence-electron chi connectivity index (χ3n) is 4.67. The van der Waals surface area contributed by atoms with E-state index in [4.69, 9.17) is 9.47 Å². The molecule has 0 radical (unpaired) electrons. The molecule has 0 bridgehead atoms. The van der Waals surface area contributed by atoms with Gasteiger partial charge in [-0.15, -0.1) is 0 Å². The van der Waals surface area contributed by atoms with Gasteiger partial charge in [0.2, 0.25) is 0 Å². The topological polar surface area (TPSA) is 135 Å². The lowest BCUT2D eigenvalue weighted by atomic mass is 10.1. The van der Waals surface area contributed by atoms with E-state index in [2.05, 4.69) is 21.7 Å². The lowest BCUT2D eigenvalue weighted by molar-refractivity contribution is 0.0842. The summed E-state index contributed by atoms with van der Waals surface area (Å²) in [5, 5.41) is 0. The van der Waals surface area contributed by atoms with E-state index in [-0.39, 0.29) is 11.1 Å². The maximum atomic E-state index is 12.4. The molecular formula is C24H22N4O6. The molecule has 3 aromatic carbocycles. The first-order valence-electron chi connectivity index (χ1n) is 10.0. The molecule has 174 valence electrons. The summed E-state index contributed by atoms with van der Waals surface area (Å²) < 4.78 is 10.1. The van der Waals surface area contributed by atoms with Crippen molar-refractivity contribution in [3.63, 3.8) is 0 Å². The molecule has 4 amide bonds. The molecule has 0 heterocycles. The molecule has 0 aliphatic heterocycles. The van der Waals surface area contributed by atoms with Gasteiger partial charge in [-0.1, -0.05) is 6.07 Å². The highest BCUT2D eigenvalue weighted by molar-refractivity contribution is 6.02. The first-order valence-corrected chi connectivity index (χ1v) is 10.0. The summed E-state index contributed by atoms with van der Waals surface area (Å²) in [4.78, 5) is 49.2. The highest BCUT2D eigenvalue weighted by Gasteiger charge is 2.13. The van der Waals surface area contributed by atoms with E-state index >= 15 is 0 Å². The number of carbonyl (C=O) groups excluding carboxylic acids is 4. The molecule has 0 saturated heterocycles. The SMILES string of the molecule is COc1ccc(C(=O)NNC(=O)c2cccc(C(=O)NNC(=O)c3ccc(OC)cc3)c2)cc1. The van der Waals surface area contributed by atoms with Crippen LogP contribution in [0.3, 0.4) is 0 Å². The number of nitrogens with one attached hydrogen (secondary N) is 4. The lowest BCUT2D eigenvalue weighted by Gasteiger charge is -2.10. The Labute approximate surface area is 195 Å². The number of hydrogen-bond donors (Lipinski definition) is 4. The zero-order valence-electron chi connectivity index (χ0n) is 18.4. The smallest absolute Gasteiger partial charge is 0.269 e. The van der Waals surface area contributed by atoms with E-state index in [0.29, 0.717) is 22.6 Å². The molecule has 34 heavy (non-hydrogen) atoms. The number of hydrazine groups is 2. The quantitative estimate of drug-likeness (QED) is 0.413. The second-order valence-corrected chi connectivity index (χ2v) is 6.85. The van der Waals surface area contributed by atoms with Gasteiger partial charge in [0, 0.05) is 22.3 Å². The number of carbonyl (C=O) groups is 4. The van der Waals surface area contributed by atoms with Gasteiger partial charge < -0.3 is 9.47 Å². The third kappa shape index (κ3) is 6.10. The Balaban J connectivity index is 1.55. The van der Waals surface area contributed by atoms with Crippen molar-refractivity contribution < 1.29 is 28.7 Å². The van der Waals surface area contributed by atoms with E-state index in [1.54, 1.807) is 48.5 Å². The Morgan fingerprint density at radius 1 is 0.500 bits per heavy atom. The van der Waals surface area contributed by atoms with Crippen molar-refractivity contribution in [3.8, 4) is 11.5 Å². The number of benzene rings is 3. The van der Waals surface area contributed by atoms with E-state index in [1.807, 2.05) is 0 Å². The molecule has 0 fully saturated rings. The Kier molecular flexibility index (Phi) is 7.79. The summed E-state index contributed by atoms with van der Waals surface area (Å²) >= 11 is 0. The van der Waals surface area contributed by atoms with Crippen LogP contribution in [0.2, 0.25) is 0 Å². The second-order valence-electron chi connectivity index (χ2n) is 6.85. The lowest BCUT2D eigenvalue weighted by Crippen LogP contribution is -2.42. The number of hydrogen-bond acceptors (Lipinski definition) is 6. The highest BCUT2D eigenvalue weighted by atomic mass is 16.5. The van der Waals surface area contributed by atoms with Crippen LogP contribution >= 0.6 is 0 Å². The van der Waals surface area contributed by atoms with Crippen molar-refractivity contribution in [2.45, 2.75) is 0 Å². The first kappa shape index (κ1) is 23.8. The summed E-state index contributed by atoms with van der Waals surface area (Å²) in [5.41, 5.74) is 10.1. The Hall–Kier alpha value is -4.86. The molecule has 0 aromatic heterocycles. The van der Waals surface area contributed by atoms with Crippen LogP contribution in [-0.2, 0) is 0 Å². The van der Waals surface area contributed by atoms with Gasteiger partial charge in [0.25, 0.3) is 23.6 Å². The molecule has 10 heteroatoms. The van der Waals surface area contributed by atoms with Gasteiger partial charge in [-0.05, 0) is 66.7 Å². The van der Waals surface area contributed by atoms with Crippen LogP contribution in [0.4, 0.5) is 0 Å². The minimum absolute atomic E-state index is 0.129. The van der Waals surface area contributed by atoms with Crippen LogP contribution in [0.1, 0.15) is 41.4 Å². The number of rotatable bonds is 6. The Bertz CT molecular complexity index is 1100. The fourth-order valence-electron chi connectivity index (χ4n) is 2.80. The van der Waals surface area contributed by atoms with Crippen molar-refractivity contribution in [2.24, 2.45) is 0 Å². The van der Waals surface area contributed by atoms with Gasteiger partial charge in [-0.3, -0.25) is 40.9 Å². The fraction of sp³-hybridized carbons (Fsp3) is 0.0833. The van der Waals surface area contributed by atoms with Crippen LogP contribution in [0.15, 0.2) is 72.8 Å². The maximum Gasteiger partial charge on any atom is 0.269 e. The standard InChI is InChI=1S/C24H22N4O6/c1-33-19-10-6-15(7-11-19)21(29)25-27-23(31)17-4-3-5-18(14-17)24(32)28-26-22(30)16-8-12-20(34-2)13-9-16/h3-14H,1-2H3,(H,25,29)(H,26,30)(H,27,31)(H,28,32). The van der Waals surface area contributed by atoms with Gasteiger partial charge in [-0.25, -0.2) is 0 Å². The minimum atomic E-state index is -0.626. The minimum Gasteiger partial charge on any atom is -0.497 e. The average molecular weight is 462 g/mol. The predicted molar refractivity (Wildman–Crippen MR) is 122 cm³/mol. The van der Waals surface area contributed by atoms with E-state index in [9.17, 15) is 19.2 Å². The molecule has 0 aliphatic carbocycles. The van der Waals surface area contributed by atoms with Crippen molar-refractivity contribution in [1.82, 2.24) is 21.7 Å². The summed E-state index contributed by atoms with van der Waals surface area (Å²) in [6.07, 6.45) is 0. The average Bonchev–Trinajstić information content (AvgIpc) is 2.90. The van der Waals surface area contributed by atoms with Crippen LogP contribution < -0.4 is 31.2 Å². The molecule has 3 rings (SSSR count). The van der Waals surface area contributed by atoms with Crippen molar-refractivity contribution in [1.29, 1.82) is 0 Å². The molecule has 10 nitrogen and oxygen atoms in total. The molecule has 3 aromatic rings. The van der Waals surface area contributed by atoms with Gasteiger partial charge >= 0.3 is 0 Å². The molecule has 0 unspecified atom stereocenters. The Morgan fingerprint density at radius 2 is 0.824 bits per heavy atom. The van der Waals surface area contributed by atoms with Crippen molar-refractivity contribution >= 4 is 23.6 Å². The molecule has 0 saturated carbocycles. The second kappa shape index (κ2) is 11.1.